The van der Waals surface area contributed by atoms with Crippen LogP contribution in [0.15, 0.2) is 53.4 Å². The summed E-state index contributed by atoms with van der Waals surface area (Å²) in [6.07, 6.45) is 3.42. The molecule has 0 spiro atoms. The maximum atomic E-state index is 13.0. The number of rotatable bonds is 10. The lowest BCUT2D eigenvalue weighted by atomic mass is 10.0. The number of amides is 1. The van der Waals surface area contributed by atoms with Gasteiger partial charge in [0.05, 0.1) is 11.3 Å². The van der Waals surface area contributed by atoms with Gasteiger partial charge in [0.25, 0.3) is 10.0 Å². The zero-order valence-corrected chi connectivity index (χ0v) is 17.9. The lowest BCUT2D eigenvalue weighted by Gasteiger charge is -2.15. The van der Waals surface area contributed by atoms with Crippen molar-refractivity contribution in [2.45, 2.75) is 57.4 Å². The topological polar surface area (TPSA) is 75.3 Å². The molecule has 0 aliphatic rings. The van der Waals surface area contributed by atoms with Crippen LogP contribution < -0.4 is 10.0 Å². The second kappa shape index (κ2) is 10.4. The molecule has 0 heterocycles. The molecular weight excluding hydrogens is 391 g/mol. The Morgan fingerprint density at radius 2 is 1.59 bits per heavy atom. The van der Waals surface area contributed by atoms with E-state index in [0.717, 1.165) is 37.0 Å². The van der Waals surface area contributed by atoms with Gasteiger partial charge >= 0.3 is 0 Å². The van der Waals surface area contributed by atoms with Crippen LogP contribution in [-0.4, -0.2) is 20.4 Å². The van der Waals surface area contributed by atoms with Crippen molar-refractivity contribution >= 4 is 21.6 Å². The lowest BCUT2D eigenvalue weighted by Crippen LogP contribution is -2.33. The van der Waals surface area contributed by atoms with Gasteiger partial charge in [-0.25, -0.2) is 12.8 Å². The number of carbonyl (C=O) groups excluding carboxylic acids is 1. The molecular formula is C22H29FN2O3S. The molecule has 7 heteroatoms. The van der Waals surface area contributed by atoms with Crippen LogP contribution in [0.1, 0.15) is 45.6 Å². The molecule has 0 fully saturated rings. The Labute approximate surface area is 172 Å². The molecule has 0 aliphatic carbocycles. The molecule has 0 bridgehead atoms. The molecule has 0 saturated carbocycles. The zero-order chi connectivity index (χ0) is 21.4. The molecule has 0 aliphatic heterocycles. The minimum atomic E-state index is -3.79. The van der Waals surface area contributed by atoms with Crippen LogP contribution >= 0.6 is 0 Å². The van der Waals surface area contributed by atoms with E-state index in [0.29, 0.717) is 11.6 Å². The van der Waals surface area contributed by atoms with Crippen molar-refractivity contribution in [3.8, 4) is 0 Å². The van der Waals surface area contributed by atoms with Crippen molar-refractivity contribution in [1.82, 2.24) is 5.32 Å². The number of carbonyl (C=O) groups is 1. The third kappa shape index (κ3) is 7.85. The third-order valence-electron chi connectivity index (χ3n) is 4.52. The Morgan fingerprint density at radius 3 is 2.17 bits per heavy atom. The molecule has 0 aromatic heterocycles. The summed E-state index contributed by atoms with van der Waals surface area (Å²) in [7, 11) is -3.79. The van der Waals surface area contributed by atoms with Crippen molar-refractivity contribution in [2.75, 3.05) is 4.72 Å². The Hall–Kier alpha value is -2.41. The summed E-state index contributed by atoms with van der Waals surface area (Å²) in [5.41, 5.74) is 1.17. The summed E-state index contributed by atoms with van der Waals surface area (Å²) >= 11 is 0. The molecule has 2 aromatic carbocycles. The van der Waals surface area contributed by atoms with Crippen LogP contribution in [0, 0.1) is 11.7 Å². The van der Waals surface area contributed by atoms with Gasteiger partial charge in [0.2, 0.25) is 5.91 Å². The van der Waals surface area contributed by atoms with E-state index in [1.54, 1.807) is 24.3 Å². The van der Waals surface area contributed by atoms with Gasteiger partial charge < -0.3 is 5.32 Å². The van der Waals surface area contributed by atoms with Crippen LogP contribution in [0.4, 0.5) is 10.1 Å². The fraction of sp³-hybridized carbons (Fsp3) is 0.409. The first-order chi connectivity index (χ1) is 13.7. The van der Waals surface area contributed by atoms with Crippen molar-refractivity contribution in [3.63, 3.8) is 0 Å². The van der Waals surface area contributed by atoms with Gasteiger partial charge in [-0.15, -0.1) is 0 Å². The minimum Gasteiger partial charge on any atom is -0.353 e. The quantitative estimate of drug-likeness (QED) is 0.594. The predicted octanol–water partition coefficient (Wildman–Crippen LogP) is 4.50. The van der Waals surface area contributed by atoms with E-state index in [-0.39, 0.29) is 23.3 Å². The second-order valence-electron chi connectivity index (χ2n) is 7.73. The summed E-state index contributed by atoms with van der Waals surface area (Å²) in [5.74, 6) is 0.111. The van der Waals surface area contributed by atoms with E-state index in [1.165, 1.54) is 12.1 Å². The SMILES string of the molecule is CC(C)CCC[C@@H](C)NC(=O)Cc1ccc(NS(=O)(=O)c2ccc(F)cc2)cc1. The van der Waals surface area contributed by atoms with Gasteiger partial charge in [-0.2, -0.15) is 0 Å². The highest BCUT2D eigenvalue weighted by molar-refractivity contribution is 7.92. The molecule has 29 heavy (non-hydrogen) atoms. The lowest BCUT2D eigenvalue weighted by molar-refractivity contribution is -0.121. The number of nitrogens with one attached hydrogen (secondary N) is 2. The zero-order valence-electron chi connectivity index (χ0n) is 17.1. The van der Waals surface area contributed by atoms with Crippen LogP contribution in [-0.2, 0) is 21.2 Å². The van der Waals surface area contributed by atoms with Gasteiger partial charge in [-0.1, -0.05) is 38.8 Å². The molecule has 2 N–H and O–H groups in total. The molecule has 1 atom stereocenters. The highest BCUT2D eigenvalue weighted by atomic mass is 32.2. The highest BCUT2D eigenvalue weighted by Crippen LogP contribution is 2.17. The molecule has 1 amide bonds. The average molecular weight is 421 g/mol. The van der Waals surface area contributed by atoms with Crippen LogP contribution in [0.25, 0.3) is 0 Å². The number of hydrogen-bond acceptors (Lipinski definition) is 3. The summed E-state index contributed by atoms with van der Waals surface area (Å²) in [6, 6.07) is 11.4. The summed E-state index contributed by atoms with van der Waals surface area (Å²) < 4.78 is 40.1. The summed E-state index contributed by atoms with van der Waals surface area (Å²) in [4.78, 5) is 12.2. The van der Waals surface area contributed by atoms with E-state index in [4.69, 9.17) is 0 Å². The largest absolute Gasteiger partial charge is 0.353 e. The number of sulfonamides is 1. The van der Waals surface area contributed by atoms with E-state index in [9.17, 15) is 17.6 Å². The van der Waals surface area contributed by atoms with E-state index in [2.05, 4.69) is 23.9 Å². The number of hydrogen-bond donors (Lipinski definition) is 2. The maximum Gasteiger partial charge on any atom is 0.261 e. The molecule has 0 radical (unpaired) electrons. The molecule has 5 nitrogen and oxygen atoms in total. The fourth-order valence-corrected chi connectivity index (χ4v) is 3.99. The number of anilines is 1. The first-order valence-corrected chi connectivity index (χ1v) is 11.3. The second-order valence-corrected chi connectivity index (χ2v) is 9.41. The molecule has 2 aromatic rings. The normalized spacial score (nSPS) is 12.6. The fourth-order valence-electron chi connectivity index (χ4n) is 2.93. The monoisotopic (exact) mass is 420 g/mol. The van der Waals surface area contributed by atoms with Gasteiger partial charge in [0.15, 0.2) is 0 Å². The van der Waals surface area contributed by atoms with E-state index >= 15 is 0 Å². The minimum absolute atomic E-state index is 0.0196. The predicted molar refractivity (Wildman–Crippen MR) is 114 cm³/mol. The van der Waals surface area contributed by atoms with Crippen molar-refractivity contribution in [2.24, 2.45) is 5.92 Å². The van der Waals surface area contributed by atoms with Crippen molar-refractivity contribution in [1.29, 1.82) is 0 Å². The summed E-state index contributed by atoms with van der Waals surface area (Å²) in [6.45, 7) is 6.38. The van der Waals surface area contributed by atoms with Crippen molar-refractivity contribution in [3.05, 3.63) is 59.9 Å². The molecule has 0 saturated heterocycles. The Kier molecular flexibility index (Phi) is 8.20. The van der Waals surface area contributed by atoms with Crippen molar-refractivity contribution < 1.29 is 17.6 Å². The first kappa shape index (κ1) is 22.9. The first-order valence-electron chi connectivity index (χ1n) is 9.82. The Bertz CT molecular complexity index is 895. The van der Waals surface area contributed by atoms with Gasteiger partial charge in [-0.3, -0.25) is 9.52 Å². The van der Waals surface area contributed by atoms with Gasteiger partial charge in [0.1, 0.15) is 5.82 Å². The smallest absolute Gasteiger partial charge is 0.261 e. The van der Waals surface area contributed by atoms with E-state index < -0.39 is 15.8 Å². The van der Waals surface area contributed by atoms with Crippen LogP contribution in [0.2, 0.25) is 0 Å². The van der Waals surface area contributed by atoms with E-state index in [1.807, 2.05) is 6.92 Å². The Balaban J connectivity index is 1.88. The number of benzene rings is 2. The standard InChI is InChI=1S/C22H29FN2O3S/c1-16(2)5-4-6-17(3)24-22(26)15-18-7-11-20(12-8-18)25-29(27,28)21-13-9-19(23)10-14-21/h7-14,16-17,25H,4-6,15H2,1-3H3,(H,24,26)/t17-/m1/s1. The average Bonchev–Trinajstić information content (AvgIpc) is 2.63. The molecule has 158 valence electrons. The van der Waals surface area contributed by atoms with Gasteiger partial charge in [-0.05, 0) is 61.2 Å². The van der Waals surface area contributed by atoms with Gasteiger partial charge in [0, 0.05) is 11.7 Å². The Morgan fingerprint density at radius 1 is 0.966 bits per heavy atom. The third-order valence-corrected chi connectivity index (χ3v) is 5.92. The number of halogens is 1. The highest BCUT2D eigenvalue weighted by Gasteiger charge is 2.14. The molecule has 0 unspecified atom stereocenters. The summed E-state index contributed by atoms with van der Waals surface area (Å²) in [5, 5.41) is 3.00. The maximum absolute atomic E-state index is 13.0. The van der Waals surface area contributed by atoms with Crippen LogP contribution in [0.5, 0.6) is 0 Å². The van der Waals surface area contributed by atoms with Crippen LogP contribution in [0.3, 0.4) is 0 Å². The molecule has 2 rings (SSSR count).